The summed E-state index contributed by atoms with van der Waals surface area (Å²) in [7, 11) is 0. The Morgan fingerprint density at radius 3 is 2.80 bits per heavy atom. The quantitative estimate of drug-likeness (QED) is 0.463. The molecule has 0 spiro atoms. The number of anilines is 1. The standard InChI is InChI=1S/C24H21FN2O3/c1-14-4-2-3-9-27(14)20-12-16-10-15(24(28)29)5-7-19(16)26-23(20)22-13-17-11-18(25)6-8-21(17)30-22/h5-8,10-14H,2-4,9H2,1H3,(H,28,29)/t14-/m0/s1. The number of hydrogen-bond acceptors (Lipinski definition) is 4. The number of benzene rings is 2. The molecule has 1 atom stereocenters. The lowest BCUT2D eigenvalue weighted by molar-refractivity contribution is 0.0697. The van der Waals surface area contributed by atoms with Crippen molar-refractivity contribution in [3.8, 4) is 11.5 Å². The summed E-state index contributed by atoms with van der Waals surface area (Å²) in [6.45, 7) is 3.09. The van der Waals surface area contributed by atoms with Crippen molar-refractivity contribution in [1.29, 1.82) is 0 Å². The lowest BCUT2D eigenvalue weighted by Crippen LogP contribution is -2.37. The van der Waals surface area contributed by atoms with Gasteiger partial charge in [0.25, 0.3) is 0 Å². The van der Waals surface area contributed by atoms with Gasteiger partial charge in [-0.1, -0.05) is 0 Å². The molecule has 152 valence electrons. The van der Waals surface area contributed by atoms with Crippen LogP contribution in [-0.4, -0.2) is 28.6 Å². The Kier molecular flexibility index (Phi) is 4.42. The highest BCUT2D eigenvalue weighted by atomic mass is 19.1. The molecule has 0 bridgehead atoms. The van der Waals surface area contributed by atoms with Gasteiger partial charge in [-0.05, 0) is 74.7 Å². The maximum absolute atomic E-state index is 13.7. The summed E-state index contributed by atoms with van der Waals surface area (Å²) >= 11 is 0. The van der Waals surface area contributed by atoms with Crippen molar-refractivity contribution in [3.05, 3.63) is 59.9 Å². The Morgan fingerprint density at radius 2 is 2.00 bits per heavy atom. The molecular weight excluding hydrogens is 383 g/mol. The first kappa shape index (κ1) is 18.6. The molecule has 0 unspecified atom stereocenters. The Balaban J connectivity index is 1.74. The van der Waals surface area contributed by atoms with Gasteiger partial charge in [-0.2, -0.15) is 0 Å². The minimum Gasteiger partial charge on any atom is -0.478 e. The molecule has 2 aromatic heterocycles. The Morgan fingerprint density at radius 1 is 1.13 bits per heavy atom. The number of pyridine rings is 1. The van der Waals surface area contributed by atoms with Crippen molar-refractivity contribution in [3.63, 3.8) is 0 Å². The van der Waals surface area contributed by atoms with Crippen molar-refractivity contribution in [2.24, 2.45) is 0 Å². The van der Waals surface area contributed by atoms with Crippen LogP contribution in [0.3, 0.4) is 0 Å². The van der Waals surface area contributed by atoms with Crippen LogP contribution in [0.2, 0.25) is 0 Å². The number of hydrogen-bond donors (Lipinski definition) is 1. The molecule has 5 nitrogen and oxygen atoms in total. The van der Waals surface area contributed by atoms with Crippen LogP contribution >= 0.6 is 0 Å². The van der Waals surface area contributed by atoms with E-state index in [0.29, 0.717) is 34.0 Å². The zero-order valence-electron chi connectivity index (χ0n) is 16.6. The van der Waals surface area contributed by atoms with Crippen molar-refractivity contribution < 1.29 is 18.7 Å². The maximum Gasteiger partial charge on any atom is 0.335 e. The molecule has 0 amide bonds. The van der Waals surface area contributed by atoms with Crippen LogP contribution in [0.4, 0.5) is 10.1 Å². The largest absolute Gasteiger partial charge is 0.478 e. The molecule has 5 rings (SSSR count). The van der Waals surface area contributed by atoms with Crippen molar-refractivity contribution in [2.75, 3.05) is 11.4 Å². The summed E-state index contributed by atoms with van der Waals surface area (Å²) in [6, 6.07) is 13.5. The van der Waals surface area contributed by atoms with Crippen molar-refractivity contribution in [1.82, 2.24) is 4.98 Å². The molecule has 0 saturated carbocycles. The van der Waals surface area contributed by atoms with E-state index in [0.717, 1.165) is 30.5 Å². The molecule has 0 aliphatic carbocycles. The normalized spacial score (nSPS) is 17.0. The predicted octanol–water partition coefficient (Wildman–Crippen LogP) is 5.86. The number of nitrogens with zero attached hydrogens (tertiary/aromatic N) is 2. The average molecular weight is 404 g/mol. The molecule has 30 heavy (non-hydrogen) atoms. The number of aromatic carboxylic acids is 1. The highest BCUT2D eigenvalue weighted by molar-refractivity contribution is 5.96. The van der Waals surface area contributed by atoms with E-state index in [1.54, 1.807) is 24.3 Å². The molecule has 6 heteroatoms. The third-order valence-corrected chi connectivity index (χ3v) is 5.87. The molecule has 1 aliphatic rings. The van der Waals surface area contributed by atoms with Gasteiger partial charge in [-0.15, -0.1) is 0 Å². The number of halogens is 1. The van der Waals surface area contributed by atoms with Crippen LogP contribution in [0.25, 0.3) is 33.3 Å². The van der Waals surface area contributed by atoms with Crippen molar-refractivity contribution >= 4 is 33.5 Å². The van der Waals surface area contributed by atoms with Gasteiger partial charge in [0.1, 0.15) is 17.1 Å². The van der Waals surface area contributed by atoms with Gasteiger partial charge < -0.3 is 14.4 Å². The molecule has 1 fully saturated rings. The molecule has 4 aromatic rings. The molecule has 1 aliphatic heterocycles. The molecule has 0 radical (unpaired) electrons. The van der Waals surface area contributed by atoms with Gasteiger partial charge in [0.15, 0.2) is 5.76 Å². The van der Waals surface area contributed by atoms with Gasteiger partial charge in [0, 0.05) is 23.4 Å². The van der Waals surface area contributed by atoms with Crippen LogP contribution in [0.1, 0.15) is 36.5 Å². The van der Waals surface area contributed by atoms with Crippen LogP contribution in [-0.2, 0) is 0 Å². The second kappa shape index (κ2) is 7.13. The van der Waals surface area contributed by atoms with E-state index in [1.807, 2.05) is 12.1 Å². The summed E-state index contributed by atoms with van der Waals surface area (Å²) in [5, 5.41) is 10.8. The van der Waals surface area contributed by atoms with Gasteiger partial charge in [-0.25, -0.2) is 14.2 Å². The second-order valence-corrected chi connectivity index (χ2v) is 7.90. The Bertz CT molecular complexity index is 1280. The Labute approximate surface area is 172 Å². The third-order valence-electron chi connectivity index (χ3n) is 5.87. The molecular formula is C24H21FN2O3. The van der Waals surface area contributed by atoms with Gasteiger partial charge >= 0.3 is 5.97 Å². The predicted molar refractivity (Wildman–Crippen MR) is 115 cm³/mol. The fourth-order valence-corrected chi connectivity index (χ4v) is 4.29. The number of carboxylic acids is 1. The lowest BCUT2D eigenvalue weighted by Gasteiger charge is -2.36. The maximum atomic E-state index is 13.7. The summed E-state index contributed by atoms with van der Waals surface area (Å²) in [5.74, 6) is -0.701. The average Bonchev–Trinajstić information content (AvgIpc) is 3.15. The monoisotopic (exact) mass is 404 g/mol. The smallest absolute Gasteiger partial charge is 0.335 e. The highest BCUT2D eigenvalue weighted by Crippen LogP contribution is 2.38. The fourth-order valence-electron chi connectivity index (χ4n) is 4.29. The first-order chi connectivity index (χ1) is 14.5. The molecule has 2 aromatic carbocycles. The summed E-state index contributed by atoms with van der Waals surface area (Å²) in [6.07, 6.45) is 3.35. The van der Waals surface area contributed by atoms with E-state index in [9.17, 15) is 14.3 Å². The number of aromatic nitrogens is 1. The van der Waals surface area contributed by atoms with Crippen LogP contribution in [0.15, 0.2) is 52.9 Å². The molecule has 3 heterocycles. The number of carboxylic acid groups (broad SMARTS) is 1. The minimum absolute atomic E-state index is 0.230. The van der Waals surface area contributed by atoms with Crippen LogP contribution in [0.5, 0.6) is 0 Å². The number of fused-ring (bicyclic) bond motifs is 2. The summed E-state index contributed by atoms with van der Waals surface area (Å²) in [5.41, 5.74) is 3.13. The van der Waals surface area contributed by atoms with Crippen molar-refractivity contribution in [2.45, 2.75) is 32.2 Å². The second-order valence-electron chi connectivity index (χ2n) is 7.90. The zero-order valence-corrected chi connectivity index (χ0v) is 16.6. The van der Waals surface area contributed by atoms with Gasteiger partial charge in [0.05, 0.1) is 16.8 Å². The summed E-state index contributed by atoms with van der Waals surface area (Å²) in [4.78, 5) is 18.6. The van der Waals surface area contributed by atoms with Gasteiger partial charge in [-0.3, -0.25) is 0 Å². The van der Waals surface area contributed by atoms with E-state index in [2.05, 4.69) is 11.8 Å². The van der Waals surface area contributed by atoms with E-state index >= 15 is 0 Å². The number of carbonyl (C=O) groups is 1. The summed E-state index contributed by atoms with van der Waals surface area (Å²) < 4.78 is 19.7. The topological polar surface area (TPSA) is 66.6 Å². The fraction of sp³-hybridized carbons (Fsp3) is 0.250. The lowest BCUT2D eigenvalue weighted by atomic mass is 10.0. The number of furan rings is 1. The number of rotatable bonds is 3. The first-order valence-electron chi connectivity index (χ1n) is 10.1. The van der Waals surface area contributed by atoms with Crippen LogP contribution < -0.4 is 4.90 Å². The molecule has 1 N–H and O–H groups in total. The third kappa shape index (κ3) is 3.18. The zero-order chi connectivity index (χ0) is 20.8. The van der Waals surface area contributed by atoms with E-state index in [-0.39, 0.29) is 11.4 Å². The SMILES string of the molecule is C[C@H]1CCCCN1c1cc2cc(C(=O)O)ccc2nc1-c1cc2cc(F)ccc2o1. The van der Waals surface area contributed by atoms with E-state index in [1.165, 1.54) is 18.6 Å². The number of piperidine rings is 1. The molecule has 1 saturated heterocycles. The van der Waals surface area contributed by atoms with E-state index in [4.69, 9.17) is 9.40 Å². The first-order valence-corrected chi connectivity index (χ1v) is 10.1. The van der Waals surface area contributed by atoms with Gasteiger partial charge in [0.2, 0.25) is 0 Å². The highest BCUT2D eigenvalue weighted by Gasteiger charge is 2.24. The Hall–Kier alpha value is -3.41. The van der Waals surface area contributed by atoms with Crippen LogP contribution in [0, 0.1) is 5.82 Å². The van der Waals surface area contributed by atoms with E-state index < -0.39 is 5.97 Å². The minimum atomic E-state index is -0.965.